The van der Waals surface area contributed by atoms with Gasteiger partial charge in [0.25, 0.3) is 0 Å². The van der Waals surface area contributed by atoms with Gasteiger partial charge in [-0.25, -0.2) is 0 Å². The lowest BCUT2D eigenvalue weighted by molar-refractivity contribution is 0.957. The van der Waals surface area contributed by atoms with Gasteiger partial charge in [-0.1, -0.05) is 77.5 Å². The summed E-state index contributed by atoms with van der Waals surface area (Å²) in [6, 6.07) is 0. The summed E-state index contributed by atoms with van der Waals surface area (Å²) in [6.07, 6.45) is 20.2. The molecule has 0 unspecified atom stereocenters. The molecule has 0 aromatic carbocycles. The average Bonchev–Trinajstić information content (AvgIpc) is 2.42. The Labute approximate surface area is 117 Å². The van der Waals surface area contributed by atoms with Crippen LogP contribution in [-0.2, 0) is 0 Å². The van der Waals surface area contributed by atoms with Crippen molar-refractivity contribution < 1.29 is 0 Å². The lowest BCUT2D eigenvalue weighted by Crippen LogP contribution is -1.55. The zero-order valence-electron chi connectivity index (χ0n) is 13.7. The van der Waals surface area contributed by atoms with Crippen molar-refractivity contribution in [1.82, 2.24) is 0 Å². The van der Waals surface area contributed by atoms with Gasteiger partial charge in [-0.2, -0.15) is 0 Å². The van der Waals surface area contributed by atoms with Gasteiger partial charge in [0.1, 0.15) is 0 Å². The van der Waals surface area contributed by atoms with Gasteiger partial charge in [0.15, 0.2) is 0 Å². The molecule has 18 heavy (non-hydrogen) atoms. The molecule has 0 atom stereocenters. The predicted molar refractivity (Wildman–Crippen MR) is 89.2 cm³/mol. The zero-order valence-corrected chi connectivity index (χ0v) is 13.7. The first-order chi connectivity index (χ1) is 8.74. The van der Waals surface area contributed by atoms with Crippen LogP contribution in [-0.4, -0.2) is 0 Å². The standard InChI is InChI=1S/3C6H12/c3*1-3-5-6-4-2/h2*5-6H,3-4H2,1-2H3;3,5H,4,6H2,1-2H3/b2*6-5+;5-3+. The van der Waals surface area contributed by atoms with Crippen LogP contribution in [0.3, 0.4) is 0 Å². The molecule has 0 saturated carbocycles. The van der Waals surface area contributed by atoms with E-state index in [1.807, 2.05) is 0 Å². The first-order valence-electron chi connectivity index (χ1n) is 7.65. The fourth-order valence-corrected chi connectivity index (χ4v) is 1.000. The quantitative estimate of drug-likeness (QED) is 0.443. The molecular formula is C18H36. The van der Waals surface area contributed by atoms with Crippen LogP contribution >= 0.6 is 0 Å². The molecule has 0 saturated heterocycles. The second kappa shape index (κ2) is 29.8. The van der Waals surface area contributed by atoms with E-state index in [0.717, 1.165) is 0 Å². The minimum absolute atomic E-state index is 1.17. The highest BCUT2D eigenvalue weighted by Gasteiger charge is 1.65. The van der Waals surface area contributed by atoms with E-state index in [0.29, 0.717) is 0 Å². The molecule has 0 aliphatic heterocycles. The van der Waals surface area contributed by atoms with Crippen LogP contribution < -0.4 is 0 Å². The summed E-state index contributed by atoms with van der Waals surface area (Å²) in [5.41, 5.74) is 0. The fraction of sp³-hybridized carbons (Fsp3) is 0.667. The van der Waals surface area contributed by atoms with Crippen molar-refractivity contribution in [2.24, 2.45) is 0 Å². The molecule has 0 nitrogen and oxygen atoms in total. The third-order valence-electron chi connectivity index (χ3n) is 1.97. The second-order valence-corrected chi connectivity index (χ2v) is 3.93. The molecule has 0 fully saturated rings. The minimum Gasteiger partial charge on any atom is -0.0917 e. The van der Waals surface area contributed by atoms with Gasteiger partial charge >= 0.3 is 0 Å². The second-order valence-electron chi connectivity index (χ2n) is 3.93. The molecule has 0 radical (unpaired) electrons. The molecule has 0 aliphatic carbocycles. The Balaban J connectivity index is -0.000000187. The Morgan fingerprint density at radius 3 is 1.00 bits per heavy atom. The SMILES string of the molecule is C/C=C/CCC.CC/C=C/CC.CC/C=C/CC. The zero-order chi connectivity index (χ0) is 14.5. The van der Waals surface area contributed by atoms with Crippen molar-refractivity contribution in [1.29, 1.82) is 0 Å². The van der Waals surface area contributed by atoms with Crippen LogP contribution in [0, 0.1) is 0 Å². The van der Waals surface area contributed by atoms with E-state index in [2.05, 4.69) is 78.0 Å². The van der Waals surface area contributed by atoms with E-state index in [1.165, 1.54) is 38.5 Å². The minimum atomic E-state index is 1.17. The van der Waals surface area contributed by atoms with E-state index in [4.69, 9.17) is 0 Å². The van der Waals surface area contributed by atoms with Gasteiger partial charge in [0.05, 0.1) is 0 Å². The smallest absolute Gasteiger partial charge is 0.0353 e. The maximum Gasteiger partial charge on any atom is -0.0353 e. The molecule has 0 amide bonds. The monoisotopic (exact) mass is 252 g/mol. The molecule has 0 heteroatoms. The molecule has 0 heterocycles. The molecular weight excluding hydrogens is 216 g/mol. The molecule has 0 aliphatic rings. The maximum atomic E-state index is 2.18. The van der Waals surface area contributed by atoms with Crippen molar-refractivity contribution in [3.8, 4) is 0 Å². The van der Waals surface area contributed by atoms with Crippen LogP contribution in [0.4, 0.5) is 0 Å². The van der Waals surface area contributed by atoms with E-state index >= 15 is 0 Å². The highest BCUT2D eigenvalue weighted by Crippen LogP contribution is 1.85. The van der Waals surface area contributed by atoms with Gasteiger partial charge in [-0.15, -0.1) is 0 Å². The van der Waals surface area contributed by atoms with Crippen molar-refractivity contribution in [3.05, 3.63) is 36.5 Å². The summed E-state index contributed by atoms with van der Waals surface area (Å²) in [7, 11) is 0. The number of unbranched alkanes of at least 4 members (excludes halogenated alkanes) is 1. The molecule has 0 N–H and O–H groups in total. The number of hydrogen-bond donors (Lipinski definition) is 0. The van der Waals surface area contributed by atoms with E-state index in [1.54, 1.807) is 0 Å². The van der Waals surface area contributed by atoms with Crippen LogP contribution in [0.25, 0.3) is 0 Å². The number of allylic oxidation sites excluding steroid dienone is 6. The average molecular weight is 252 g/mol. The van der Waals surface area contributed by atoms with Gasteiger partial charge in [-0.05, 0) is 39.0 Å². The van der Waals surface area contributed by atoms with E-state index in [-0.39, 0.29) is 0 Å². The largest absolute Gasteiger partial charge is 0.0917 e. The molecule has 0 aromatic rings. The number of rotatable bonds is 6. The third-order valence-corrected chi connectivity index (χ3v) is 1.97. The highest BCUT2D eigenvalue weighted by atomic mass is 13.7. The summed E-state index contributed by atoms with van der Waals surface area (Å²) < 4.78 is 0. The summed E-state index contributed by atoms with van der Waals surface area (Å²) in [5.74, 6) is 0. The van der Waals surface area contributed by atoms with Crippen molar-refractivity contribution >= 4 is 0 Å². The van der Waals surface area contributed by atoms with Gasteiger partial charge in [0.2, 0.25) is 0 Å². The normalized spacial score (nSPS) is 10.3. The predicted octanol–water partition coefficient (Wildman–Crippen LogP) is 7.09. The van der Waals surface area contributed by atoms with E-state index < -0.39 is 0 Å². The Morgan fingerprint density at radius 1 is 0.556 bits per heavy atom. The summed E-state index contributed by atoms with van der Waals surface area (Å²) in [5, 5.41) is 0. The van der Waals surface area contributed by atoms with Crippen LogP contribution in [0.2, 0.25) is 0 Å². The topological polar surface area (TPSA) is 0 Å². The Hall–Kier alpha value is -0.780. The van der Waals surface area contributed by atoms with E-state index in [9.17, 15) is 0 Å². The molecule has 0 bridgehead atoms. The lowest BCUT2D eigenvalue weighted by atomic mass is 10.3. The Kier molecular flexibility index (Phi) is 37.1. The molecule has 108 valence electrons. The van der Waals surface area contributed by atoms with Gasteiger partial charge in [-0.3, -0.25) is 0 Å². The Bertz CT molecular complexity index is 146. The highest BCUT2D eigenvalue weighted by molar-refractivity contribution is 4.78. The van der Waals surface area contributed by atoms with Crippen molar-refractivity contribution in [2.75, 3.05) is 0 Å². The van der Waals surface area contributed by atoms with Gasteiger partial charge < -0.3 is 0 Å². The maximum absolute atomic E-state index is 2.18. The molecule has 0 aromatic heterocycles. The molecule has 0 rings (SSSR count). The first-order valence-corrected chi connectivity index (χ1v) is 7.65. The summed E-state index contributed by atoms with van der Waals surface area (Å²) >= 11 is 0. The summed E-state index contributed by atoms with van der Waals surface area (Å²) in [6.45, 7) is 12.8. The van der Waals surface area contributed by atoms with Crippen molar-refractivity contribution in [2.45, 2.75) is 80.1 Å². The van der Waals surface area contributed by atoms with Crippen LogP contribution in [0.15, 0.2) is 36.5 Å². The number of hydrogen-bond acceptors (Lipinski definition) is 0. The molecule has 0 spiro atoms. The van der Waals surface area contributed by atoms with Crippen molar-refractivity contribution in [3.63, 3.8) is 0 Å². The van der Waals surface area contributed by atoms with Crippen LogP contribution in [0.1, 0.15) is 80.1 Å². The lowest BCUT2D eigenvalue weighted by Gasteiger charge is -1.76. The Morgan fingerprint density at radius 2 is 0.889 bits per heavy atom. The third kappa shape index (κ3) is 45.5. The fourth-order valence-electron chi connectivity index (χ4n) is 1.000. The van der Waals surface area contributed by atoms with Gasteiger partial charge in [0, 0.05) is 0 Å². The van der Waals surface area contributed by atoms with Crippen LogP contribution in [0.5, 0.6) is 0 Å². The summed E-state index contributed by atoms with van der Waals surface area (Å²) in [4.78, 5) is 0. The first kappa shape index (κ1) is 22.4.